The molecule has 96 valence electrons. The average molecular weight is 308 g/mol. The van der Waals surface area contributed by atoms with Gasteiger partial charge in [0.05, 0.1) is 16.4 Å². The van der Waals surface area contributed by atoms with Crippen LogP contribution < -0.4 is 5.73 Å². The highest BCUT2D eigenvalue weighted by Gasteiger charge is 2.14. The van der Waals surface area contributed by atoms with Gasteiger partial charge in [0, 0.05) is 13.1 Å². The van der Waals surface area contributed by atoms with E-state index in [-0.39, 0.29) is 6.04 Å². The Balaban J connectivity index is 2.05. The summed E-state index contributed by atoms with van der Waals surface area (Å²) >= 11 is 3.50. The Labute approximate surface area is 116 Å². The van der Waals surface area contributed by atoms with E-state index in [9.17, 15) is 0 Å². The summed E-state index contributed by atoms with van der Waals surface area (Å²) in [6, 6.07) is 8.46. The highest BCUT2D eigenvalue weighted by Crippen LogP contribution is 2.24. The van der Waals surface area contributed by atoms with E-state index in [0.717, 1.165) is 23.0 Å². The van der Waals surface area contributed by atoms with Crippen molar-refractivity contribution in [2.45, 2.75) is 25.8 Å². The Hall–Kier alpha value is -1.13. The molecule has 0 aliphatic carbocycles. The van der Waals surface area contributed by atoms with Crippen LogP contribution >= 0.6 is 15.9 Å². The zero-order valence-electron chi connectivity index (χ0n) is 10.7. The molecule has 0 saturated carbocycles. The first-order chi connectivity index (χ1) is 8.59. The molecule has 2 N–H and O–H groups in total. The largest absolute Gasteiger partial charge is 0.323 e. The van der Waals surface area contributed by atoms with Gasteiger partial charge in [0.25, 0.3) is 0 Å². The fourth-order valence-corrected chi connectivity index (χ4v) is 2.82. The zero-order chi connectivity index (χ0) is 13.1. The van der Waals surface area contributed by atoms with E-state index in [4.69, 9.17) is 5.73 Å². The number of benzene rings is 1. The Kier molecular flexibility index (Phi) is 4.19. The molecule has 1 heterocycles. The summed E-state index contributed by atoms with van der Waals surface area (Å²) in [5, 5.41) is 4.20. The summed E-state index contributed by atoms with van der Waals surface area (Å²) in [5.74, 6) is 0. The molecule has 1 atom stereocenters. The van der Waals surface area contributed by atoms with Gasteiger partial charge in [-0.15, -0.1) is 0 Å². The summed E-state index contributed by atoms with van der Waals surface area (Å²) < 4.78 is 2.83. The number of rotatable bonds is 4. The molecule has 2 aromatic rings. The van der Waals surface area contributed by atoms with E-state index < -0.39 is 0 Å². The topological polar surface area (TPSA) is 43.8 Å². The molecule has 1 aromatic heterocycles. The number of aryl methyl sites for hydroxylation is 3. The Morgan fingerprint density at radius 1 is 1.39 bits per heavy atom. The predicted octanol–water partition coefficient (Wildman–Crippen LogP) is 3.12. The number of nitrogens with two attached hydrogens (primary N) is 1. The van der Waals surface area contributed by atoms with E-state index in [1.165, 1.54) is 11.1 Å². The van der Waals surface area contributed by atoms with Crippen LogP contribution in [-0.2, 0) is 13.5 Å². The van der Waals surface area contributed by atoms with Crippen molar-refractivity contribution in [1.29, 1.82) is 0 Å². The standard InChI is InChI=1S/C14H18BrN3/c1-10-5-3-4-6-11(10)7-8-13(16)14-12(15)9-17-18(14)2/h3-6,9,13H,7-8,16H2,1-2H3. The van der Waals surface area contributed by atoms with Crippen molar-refractivity contribution in [3.8, 4) is 0 Å². The first-order valence-corrected chi connectivity index (χ1v) is 6.86. The lowest BCUT2D eigenvalue weighted by Crippen LogP contribution is -2.16. The SMILES string of the molecule is Cc1ccccc1CCC(N)c1c(Br)cnn1C. The second-order valence-corrected chi connectivity index (χ2v) is 5.43. The van der Waals surface area contributed by atoms with Crippen molar-refractivity contribution < 1.29 is 0 Å². The lowest BCUT2D eigenvalue weighted by molar-refractivity contribution is 0.579. The van der Waals surface area contributed by atoms with E-state index in [2.05, 4.69) is 52.2 Å². The van der Waals surface area contributed by atoms with Gasteiger partial charge in [0.2, 0.25) is 0 Å². The third-order valence-corrected chi connectivity index (χ3v) is 3.89. The van der Waals surface area contributed by atoms with Crippen molar-refractivity contribution in [2.24, 2.45) is 12.8 Å². The third kappa shape index (κ3) is 2.82. The maximum absolute atomic E-state index is 6.25. The highest BCUT2D eigenvalue weighted by molar-refractivity contribution is 9.10. The van der Waals surface area contributed by atoms with Gasteiger partial charge >= 0.3 is 0 Å². The first-order valence-electron chi connectivity index (χ1n) is 6.07. The van der Waals surface area contributed by atoms with Gasteiger partial charge in [0.1, 0.15) is 0 Å². The second-order valence-electron chi connectivity index (χ2n) is 4.57. The number of aromatic nitrogens is 2. The molecule has 0 amide bonds. The van der Waals surface area contributed by atoms with Crippen LogP contribution in [0.25, 0.3) is 0 Å². The minimum Gasteiger partial charge on any atom is -0.323 e. The number of halogens is 1. The van der Waals surface area contributed by atoms with Crippen LogP contribution in [0.3, 0.4) is 0 Å². The van der Waals surface area contributed by atoms with Gasteiger partial charge in [-0.1, -0.05) is 24.3 Å². The highest BCUT2D eigenvalue weighted by atomic mass is 79.9. The predicted molar refractivity (Wildman–Crippen MR) is 77.3 cm³/mol. The van der Waals surface area contributed by atoms with Gasteiger partial charge in [-0.05, 0) is 46.8 Å². The quantitative estimate of drug-likeness (QED) is 0.943. The Morgan fingerprint density at radius 2 is 2.11 bits per heavy atom. The normalized spacial score (nSPS) is 12.7. The van der Waals surface area contributed by atoms with Gasteiger partial charge in [0.15, 0.2) is 0 Å². The summed E-state index contributed by atoms with van der Waals surface area (Å²) in [5.41, 5.74) is 10.0. The van der Waals surface area contributed by atoms with Crippen molar-refractivity contribution in [2.75, 3.05) is 0 Å². The van der Waals surface area contributed by atoms with E-state index in [0.29, 0.717) is 0 Å². The molecule has 3 nitrogen and oxygen atoms in total. The molecule has 0 aliphatic heterocycles. The van der Waals surface area contributed by atoms with E-state index in [1.807, 2.05) is 11.7 Å². The summed E-state index contributed by atoms with van der Waals surface area (Å²) in [4.78, 5) is 0. The Bertz CT molecular complexity index is 514. The third-order valence-electron chi connectivity index (χ3n) is 3.27. The maximum atomic E-state index is 6.25. The van der Waals surface area contributed by atoms with Crippen LogP contribution in [0.4, 0.5) is 0 Å². The molecular formula is C14H18BrN3. The van der Waals surface area contributed by atoms with Crippen LogP contribution in [0.1, 0.15) is 29.3 Å². The number of nitrogens with zero attached hydrogens (tertiary/aromatic N) is 2. The molecule has 18 heavy (non-hydrogen) atoms. The molecular weight excluding hydrogens is 290 g/mol. The van der Waals surface area contributed by atoms with Crippen LogP contribution in [0, 0.1) is 6.92 Å². The molecule has 0 fully saturated rings. The van der Waals surface area contributed by atoms with E-state index in [1.54, 1.807) is 6.20 Å². The molecule has 4 heteroatoms. The molecule has 0 saturated heterocycles. The number of hydrogen-bond acceptors (Lipinski definition) is 2. The fourth-order valence-electron chi connectivity index (χ4n) is 2.18. The van der Waals surface area contributed by atoms with E-state index >= 15 is 0 Å². The lowest BCUT2D eigenvalue weighted by atomic mass is 10.00. The van der Waals surface area contributed by atoms with Gasteiger partial charge in [-0.25, -0.2) is 0 Å². The van der Waals surface area contributed by atoms with Crippen LogP contribution in [0.2, 0.25) is 0 Å². The molecule has 1 unspecified atom stereocenters. The van der Waals surface area contributed by atoms with Crippen molar-refractivity contribution >= 4 is 15.9 Å². The van der Waals surface area contributed by atoms with Crippen molar-refractivity contribution in [3.63, 3.8) is 0 Å². The Morgan fingerprint density at radius 3 is 2.72 bits per heavy atom. The second kappa shape index (κ2) is 5.67. The first kappa shape index (κ1) is 13.3. The molecule has 1 aromatic carbocycles. The summed E-state index contributed by atoms with van der Waals surface area (Å²) in [7, 11) is 1.92. The lowest BCUT2D eigenvalue weighted by Gasteiger charge is -2.13. The molecule has 0 spiro atoms. The molecule has 0 bridgehead atoms. The van der Waals surface area contributed by atoms with Crippen LogP contribution in [0.15, 0.2) is 34.9 Å². The van der Waals surface area contributed by atoms with Crippen molar-refractivity contribution in [1.82, 2.24) is 9.78 Å². The number of hydrogen-bond donors (Lipinski definition) is 1. The zero-order valence-corrected chi connectivity index (χ0v) is 12.3. The fraction of sp³-hybridized carbons (Fsp3) is 0.357. The molecule has 0 aliphatic rings. The monoisotopic (exact) mass is 307 g/mol. The van der Waals surface area contributed by atoms with Crippen molar-refractivity contribution in [3.05, 3.63) is 51.8 Å². The molecule has 2 rings (SSSR count). The van der Waals surface area contributed by atoms with Gasteiger partial charge < -0.3 is 5.73 Å². The summed E-state index contributed by atoms with van der Waals surface area (Å²) in [6.07, 6.45) is 3.71. The van der Waals surface area contributed by atoms with Crippen LogP contribution in [-0.4, -0.2) is 9.78 Å². The summed E-state index contributed by atoms with van der Waals surface area (Å²) in [6.45, 7) is 2.14. The van der Waals surface area contributed by atoms with Gasteiger partial charge in [-0.2, -0.15) is 5.10 Å². The minimum atomic E-state index is 0.00600. The maximum Gasteiger partial charge on any atom is 0.0690 e. The molecule has 0 radical (unpaired) electrons. The smallest absolute Gasteiger partial charge is 0.0690 e. The van der Waals surface area contributed by atoms with Crippen LogP contribution in [0.5, 0.6) is 0 Å². The minimum absolute atomic E-state index is 0.00600. The average Bonchev–Trinajstić information content (AvgIpc) is 2.68. The van der Waals surface area contributed by atoms with Gasteiger partial charge in [-0.3, -0.25) is 4.68 Å².